The summed E-state index contributed by atoms with van der Waals surface area (Å²) in [6.07, 6.45) is 3.12. The van der Waals surface area contributed by atoms with E-state index in [1.54, 1.807) is 31.2 Å². The predicted molar refractivity (Wildman–Crippen MR) is 111 cm³/mol. The van der Waals surface area contributed by atoms with Crippen molar-refractivity contribution in [2.45, 2.75) is 52.6 Å². The highest BCUT2D eigenvalue weighted by molar-refractivity contribution is 6.04. The Morgan fingerprint density at radius 3 is 2.39 bits per heavy atom. The fourth-order valence-corrected chi connectivity index (χ4v) is 2.72. The SMILES string of the molecule is CCCCCOC(=O)[C@@H](C)Oc1ccc(C(=O)Nc2ccccc2CC)cc1. The zero-order valence-electron chi connectivity index (χ0n) is 16.9. The van der Waals surface area contributed by atoms with E-state index in [1.807, 2.05) is 31.2 Å². The molecule has 0 heterocycles. The van der Waals surface area contributed by atoms with Crippen molar-refractivity contribution in [3.63, 3.8) is 0 Å². The van der Waals surface area contributed by atoms with Gasteiger partial charge < -0.3 is 14.8 Å². The third-order valence-electron chi connectivity index (χ3n) is 4.40. The summed E-state index contributed by atoms with van der Waals surface area (Å²) in [5, 5.41) is 2.94. The van der Waals surface area contributed by atoms with Gasteiger partial charge in [-0.1, -0.05) is 44.9 Å². The Bertz CT molecular complexity index is 770. The highest BCUT2D eigenvalue weighted by Gasteiger charge is 2.16. The predicted octanol–water partition coefficient (Wildman–Crippen LogP) is 5.00. The number of esters is 1. The van der Waals surface area contributed by atoms with Gasteiger partial charge in [-0.2, -0.15) is 0 Å². The maximum atomic E-state index is 12.5. The largest absolute Gasteiger partial charge is 0.479 e. The van der Waals surface area contributed by atoms with Gasteiger partial charge in [0.25, 0.3) is 5.91 Å². The minimum atomic E-state index is -0.697. The van der Waals surface area contributed by atoms with E-state index >= 15 is 0 Å². The van der Waals surface area contributed by atoms with Gasteiger partial charge in [-0.15, -0.1) is 0 Å². The quantitative estimate of drug-likeness (QED) is 0.463. The molecule has 1 amide bonds. The van der Waals surface area contributed by atoms with Gasteiger partial charge in [-0.05, 0) is 55.7 Å². The zero-order chi connectivity index (χ0) is 20.4. The van der Waals surface area contributed by atoms with E-state index < -0.39 is 6.10 Å². The van der Waals surface area contributed by atoms with E-state index in [0.29, 0.717) is 17.9 Å². The molecule has 0 aliphatic carbocycles. The number of anilines is 1. The second kappa shape index (κ2) is 11.1. The number of ether oxygens (including phenoxy) is 2. The van der Waals surface area contributed by atoms with E-state index in [2.05, 4.69) is 12.2 Å². The summed E-state index contributed by atoms with van der Waals surface area (Å²) in [5.41, 5.74) is 2.42. The van der Waals surface area contributed by atoms with Crippen LogP contribution in [-0.4, -0.2) is 24.6 Å². The molecule has 0 aliphatic rings. The molecule has 1 N–H and O–H groups in total. The molecule has 2 rings (SSSR count). The minimum absolute atomic E-state index is 0.184. The van der Waals surface area contributed by atoms with Crippen LogP contribution in [0.1, 0.15) is 56.0 Å². The van der Waals surface area contributed by atoms with Gasteiger partial charge in [0.2, 0.25) is 0 Å². The van der Waals surface area contributed by atoms with Crippen molar-refractivity contribution in [3.05, 3.63) is 59.7 Å². The van der Waals surface area contributed by atoms with Gasteiger partial charge in [0.05, 0.1) is 6.61 Å². The molecule has 0 radical (unpaired) electrons. The van der Waals surface area contributed by atoms with Gasteiger partial charge in [-0.3, -0.25) is 4.79 Å². The van der Waals surface area contributed by atoms with Crippen molar-refractivity contribution in [1.82, 2.24) is 0 Å². The van der Waals surface area contributed by atoms with E-state index in [1.165, 1.54) is 0 Å². The lowest BCUT2D eigenvalue weighted by molar-refractivity contribution is -0.151. The lowest BCUT2D eigenvalue weighted by atomic mass is 10.1. The normalized spacial score (nSPS) is 11.5. The third kappa shape index (κ3) is 6.41. The van der Waals surface area contributed by atoms with Gasteiger partial charge in [0.15, 0.2) is 6.10 Å². The molecule has 0 spiro atoms. The molecule has 0 saturated heterocycles. The Morgan fingerprint density at radius 2 is 1.71 bits per heavy atom. The lowest BCUT2D eigenvalue weighted by Crippen LogP contribution is -2.26. The summed E-state index contributed by atoms with van der Waals surface area (Å²) in [6, 6.07) is 14.5. The summed E-state index contributed by atoms with van der Waals surface area (Å²) in [6.45, 7) is 6.22. The molecule has 5 heteroatoms. The topological polar surface area (TPSA) is 64.6 Å². The fourth-order valence-electron chi connectivity index (χ4n) is 2.72. The Kier molecular flexibility index (Phi) is 8.53. The second-order valence-electron chi connectivity index (χ2n) is 6.62. The highest BCUT2D eigenvalue weighted by Crippen LogP contribution is 2.19. The van der Waals surface area contributed by atoms with E-state index in [-0.39, 0.29) is 11.9 Å². The number of carbonyl (C=O) groups excluding carboxylic acids is 2. The first kappa shape index (κ1) is 21.5. The second-order valence-corrected chi connectivity index (χ2v) is 6.62. The molecule has 0 fully saturated rings. The highest BCUT2D eigenvalue weighted by atomic mass is 16.6. The van der Waals surface area contributed by atoms with Crippen molar-refractivity contribution in [1.29, 1.82) is 0 Å². The van der Waals surface area contributed by atoms with Gasteiger partial charge in [0.1, 0.15) is 5.75 Å². The molecule has 0 saturated carbocycles. The van der Waals surface area contributed by atoms with E-state index in [9.17, 15) is 9.59 Å². The van der Waals surface area contributed by atoms with Crippen LogP contribution in [0, 0.1) is 0 Å². The summed E-state index contributed by atoms with van der Waals surface area (Å²) < 4.78 is 10.8. The summed E-state index contributed by atoms with van der Waals surface area (Å²) in [5.74, 6) is -0.0477. The number of rotatable bonds is 10. The average Bonchev–Trinajstić information content (AvgIpc) is 2.72. The minimum Gasteiger partial charge on any atom is -0.479 e. The molecule has 2 aromatic rings. The van der Waals surface area contributed by atoms with Crippen LogP contribution < -0.4 is 10.1 Å². The number of hydrogen-bond acceptors (Lipinski definition) is 4. The summed E-state index contributed by atoms with van der Waals surface area (Å²) >= 11 is 0. The maximum absolute atomic E-state index is 12.5. The van der Waals surface area contributed by atoms with Crippen LogP contribution in [0.4, 0.5) is 5.69 Å². The first-order chi connectivity index (χ1) is 13.5. The van der Waals surface area contributed by atoms with Crippen molar-refractivity contribution >= 4 is 17.6 Å². The van der Waals surface area contributed by atoms with Crippen LogP contribution in [0.25, 0.3) is 0 Å². The monoisotopic (exact) mass is 383 g/mol. The van der Waals surface area contributed by atoms with Crippen molar-refractivity contribution < 1.29 is 19.1 Å². The van der Waals surface area contributed by atoms with Crippen LogP contribution in [-0.2, 0) is 16.0 Å². The number of aryl methyl sites for hydroxylation is 1. The summed E-state index contributed by atoms with van der Waals surface area (Å²) in [4.78, 5) is 24.4. The molecule has 0 aromatic heterocycles. The number of para-hydroxylation sites is 1. The molecule has 5 nitrogen and oxygen atoms in total. The van der Waals surface area contributed by atoms with E-state index in [0.717, 1.165) is 36.9 Å². The molecule has 0 aliphatic heterocycles. The fraction of sp³-hybridized carbons (Fsp3) is 0.391. The Hall–Kier alpha value is -2.82. The number of hydrogen-bond donors (Lipinski definition) is 1. The van der Waals surface area contributed by atoms with Crippen LogP contribution in [0.5, 0.6) is 5.75 Å². The van der Waals surface area contributed by atoms with Crippen LogP contribution in [0.2, 0.25) is 0 Å². The van der Waals surface area contributed by atoms with Crippen LogP contribution in [0.3, 0.4) is 0 Å². The number of nitrogens with one attached hydrogen (secondary N) is 1. The summed E-state index contributed by atoms with van der Waals surface area (Å²) in [7, 11) is 0. The van der Waals surface area contributed by atoms with Crippen molar-refractivity contribution in [2.24, 2.45) is 0 Å². The van der Waals surface area contributed by atoms with Gasteiger partial charge in [-0.25, -0.2) is 4.79 Å². The van der Waals surface area contributed by atoms with E-state index in [4.69, 9.17) is 9.47 Å². The van der Waals surface area contributed by atoms with Crippen LogP contribution >= 0.6 is 0 Å². The first-order valence-corrected chi connectivity index (χ1v) is 9.87. The van der Waals surface area contributed by atoms with Crippen molar-refractivity contribution in [2.75, 3.05) is 11.9 Å². The molecule has 28 heavy (non-hydrogen) atoms. The van der Waals surface area contributed by atoms with Gasteiger partial charge >= 0.3 is 5.97 Å². The standard InChI is InChI=1S/C23H29NO4/c1-4-6-9-16-27-23(26)17(3)28-20-14-12-19(13-15-20)22(25)24-21-11-8-7-10-18(21)5-2/h7-8,10-15,17H,4-6,9,16H2,1-3H3,(H,24,25)/t17-/m1/s1. The number of benzene rings is 2. The molecular weight excluding hydrogens is 354 g/mol. The third-order valence-corrected chi connectivity index (χ3v) is 4.40. The van der Waals surface area contributed by atoms with Crippen molar-refractivity contribution in [3.8, 4) is 5.75 Å². The molecule has 0 unspecified atom stereocenters. The Labute approximate surface area is 167 Å². The molecule has 2 aromatic carbocycles. The Morgan fingerprint density at radius 1 is 1.00 bits per heavy atom. The van der Waals surface area contributed by atoms with Crippen LogP contribution in [0.15, 0.2) is 48.5 Å². The number of unbranched alkanes of at least 4 members (excludes halogenated alkanes) is 2. The molecule has 0 bridgehead atoms. The molecule has 1 atom stereocenters. The first-order valence-electron chi connectivity index (χ1n) is 9.87. The average molecular weight is 383 g/mol. The maximum Gasteiger partial charge on any atom is 0.347 e. The lowest BCUT2D eigenvalue weighted by Gasteiger charge is -2.14. The Balaban J connectivity index is 1.90. The molecule has 150 valence electrons. The molecular formula is C23H29NO4. The zero-order valence-corrected chi connectivity index (χ0v) is 16.9. The smallest absolute Gasteiger partial charge is 0.347 e. The van der Waals surface area contributed by atoms with Gasteiger partial charge in [0, 0.05) is 11.3 Å². The number of amides is 1. The number of carbonyl (C=O) groups is 2.